The summed E-state index contributed by atoms with van der Waals surface area (Å²) in [6.07, 6.45) is 6.52. The van der Waals surface area contributed by atoms with Crippen LogP contribution in [0.25, 0.3) is 0 Å². The number of benzene rings is 1. The fraction of sp³-hybridized carbons (Fsp3) is 0.611. The quantitative estimate of drug-likeness (QED) is 0.776. The van der Waals surface area contributed by atoms with E-state index in [9.17, 15) is 4.79 Å². The molecule has 4 heteroatoms. The van der Waals surface area contributed by atoms with Gasteiger partial charge in [-0.05, 0) is 63.8 Å². The molecule has 1 aliphatic rings. The number of carbonyl (C=O) groups excluding carboxylic acids is 1. The van der Waals surface area contributed by atoms with Crippen LogP contribution in [0.15, 0.2) is 24.3 Å². The van der Waals surface area contributed by atoms with E-state index < -0.39 is 0 Å². The van der Waals surface area contributed by atoms with Crippen LogP contribution < -0.4 is 15.4 Å². The van der Waals surface area contributed by atoms with Crippen LogP contribution in [0.3, 0.4) is 0 Å². The van der Waals surface area contributed by atoms with Crippen molar-refractivity contribution in [1.29, 1.82) is 0 Å². The van der Waals surface area contributed by atoms with E-state index in [0.717, 1.165) is 30.6 Å². The van der Waals surface area contributed by atoms with Crippen LogP contribution in [0.4, 0.5) is 0 Å². The Morgan fingerprint density at radius 2 is 2.14 bits per heavy atom. The summed E-state index contributed by atoms with van der Waals surface area (Å²) in [5, 5.41) is 6.05. The molecule has 1 aromatic rings. The molecule has 0 bridgehead atoms. The summed E-state index contributed by atoms with van der Waals surface area (Å²) in [7, 11) is 1.90. The first-order valence-electron chi connectivity index (χ1n) is 8.37. The van der Waals surface area contributed by atoms with E-state index in [1.165, 1.54) is 12.8 Å². The molecule has 122 valence electrons. The van der Waals surface area contributed by atoms with Gasteiger partial charge in [0.1, 0.15) is 5.75 Å². The van der Waals surface area contributed by atoms with Gasteiger partial charge in [-0.15, -0.1) is 0 Å². The lowest BCUT2D eigenvalue weighted by Crippen LogP contribution is -2.37. The van der Waals surface area contributed by atoms with E-state index in [1.54, 1.807) is 0 Å². The highest BCUT2D eigenvalue weighted by atomic mass is 16.5. The van der Waals surface area contributed by atoms with E-state index in [-0.39, 0.29) is 5.91 Å². The fourth-order valence-electron chi connectivity index (χ4n) is 2.69. The molecule has 0 aliphatic heterocycles. The molecule has 0 saturated heterocycles. The lowest BCUT2D eigenvalue weighted by atomic mass is 10.1. The van der Waals surface area contributed by atoms with Gasteiger partial charge in [0.2, 0.25) is 5.91 Å². The maximum absolute atomic E-state index is 11.8. The Hall–Kier alpha value is -1.55. The Morgan fingerprint density at radius 3 is 2.86 bits per heavy atom. The van der Waals surface area contributed by atoms with Gasteiger partial charge in [0, 0.05) is 19.0 Å². The summed E-state index contributed by atoms with van der Waals surface area (Å²) in [6, 6.07) is 8.45. The van der Waals surface area contributed by atoms with Crippen molar-refractivity contribution < 1.29 is 9.53 Å². The molecule has 0 radical (unpaired) electrons. The Kier molecular flexibility index (Phi) is 6.72. The van der Waals surface area contributed by atoms with Crippen LogP contribution >= 0.6 is 0 Å². The fourth-order valence-corrected chi connectivity index (χ4v) is 2.69. The number of likely N-dealkylation sites (N-methyl/N-ethyl adjacent to an activating group) is 1. The molecule has 1 unspecified atom stereocenters. The average Bonchev–Trinajstić information content (AvgIpc) is 3.04. The molecule has 1 fully saturated rings. The Labute approximate surface area is 133 Å². The molecule has 22 heavy (non-hydrogen) atoms. The van der Waals surface area contributed by atoms with Crippen molar-refractivity contribution >= 4 is 5.91 Å². The van der Waals surface area contributed by atoms with E-state index in [0.29, 0.717) is 25.1 Å². The highest BCUT2D eigenvalue weighted by Gasteiger charge is 2.16. The van der Waals surface area contributed by atoms with Crippen LogP contribution in [0, 0.1) is 0 Å². The smallest absolute Gasteiger partial charge is 0.220 e. The first-order chi connectivity index (χ1) is 10.7. The van der Waals surface area contributed by atoms with E-state index in [1.807, 2.05) is 26.1 Å². The molecule has 2 rings (SSSR count). The number of hydrogen-bond acceptors (Lipinski definition) is 3. The van der Waals surface area contributed by atoms with Gasteiger partial charge in [0.05, 0.1) is 6.10 Å². The van der Waals surface area contributed by atoms with E-state index in [4.69, 9.17) is 4.74 Å². The molecule has 1 aliphatic carbocycles. The molecule has 1 atom stereocenters. The topological polar surface area (TPSA) is 50.4 Å². The summed E-state index contributed by atoms with van der Waals surface area (Å²) in [6.45, 7) is 2.71. The van der Waals surface area contributed by atoms with Crippen molar-refractivity contribution in [1.82, 2.24) is 10.6 Å². The predicted octanol–water partition coefficient (Wildman–Crippen LogP) is 2.66. The molecular formula is C18H28N2O2. The lowest BCUT2D eigenvalue weighted by Gasteiger charge is -2.14. The second kappa shape index (κ2) is 8.79. The number of nitrogens with one attached hydrogen (secondary N) is 2. The minimum Gasteiger partial charge on any atom is -0.490 e. The van der Waals surface area contributed by atoms with Gasteiger partial charge >= 0.3 is 0 Å². The number of rotatable bonds is 8. The third-order valence-electron chi connectivity index (χ3n) is 4.24. The predicted molar refractivity (Wildman–Crippen MR) is 89.2 cm³/mol. The minimum absolute atomic E-state index is 0.101. The maximum atomic E-state index is 11.8. The molecular weight excluding hydrogens is 276 g/mol. The largest absolute Gasteiger partial charge is 0.490 e. The zero-order chi connectivity index (χ0) is 15.8. The maximum Gasteiger partial charge on any atom is 0.220 e. The normalized spacial score (nSPS) is 16.5. The monoisotopic (exact) mass is 304 g/mol. The highest BCUT2D eigenvalue weighted by Crippen LogP contribution is 2.24. The summed E-state index contributed by atoms with van der Waals surface area (Å²) in [4.78, 5) is 11.8. The number of ether oxygens (including phenoxy) is 1. The molecule has 1 saturated carbocycles. The van der Waals surface area contributed by atoms with Gasteiger partial charge in [-0.3, -0.25) is 4.79 Å². The molecule has 0 spiro atoms. The molecule has 1 aromatic carbocycles. The van der Waals surface area contributed by atoms with Gasteiger partial charge < -0.3 is 15.4 Å². The van der Waals surface area contributed by atoms with Crippen molar-refractivity contribution in [2.75, 3.05) is 13.6 Å². The van der Waals surface area contributed by atoms with Crippen LogP contribution in [-0.2, 0) is 11.2 Å². The van der Waals surface area contributed by atoms with Crippen molar-refractivity contribution in [2.24, 2.45) is 0 Å². The van der Waals surface area contributed by atoms with Crippen molar-refractivity contribution in [3.05, 3.63) is 29.8 Å². The van der Waals surface area contributed by atoms with Crippen LogP contribution in [0.5, 0.6) is 5.75 Å². The third kappa shape index (κ3) is 5.68. The van der Waals surface area contributed by atoms with Crippen LogP contribution in [0.1, 0.15) is 44.6 Å². The summed E-state index contributed by atoms with van der Waals surface area (Å²) in [5.41, 5.74) is 1.16. The Morgan fingerprint density at radius 1 is 1.36 bits per heavy atom. The number of aryl methyl sites for hydroxylation is 1. The van der Waals surface area contributed by atoms with Crippen molar-refractivity contribution in [2.45, 2.75) is 57.6 Å². The minimum atomic E-state index is 0.101. The summed E-state index contributed by atoms with van der Waals surface area (Å²) < 4.78 is 6.01. The molecule has 4 nitrogen and oxygen atoms in total. The standard InChI is InChI=1S/C18H28N2O2/c1-14(19-2)13-20-18(21)11-10-15-6-5-9-17(12-15)22-16-7-3-4-8-16/h5-6,9,12,14,16,19H,3-4,7-8,10-11,13H2,1-2H3,(H,20,21). The zero-order valence-electron chi connectivity index (χ0n) is 13.7. The van der Waals surface area contributed by atoms with E-state index in [2.05, 4.69) is 22.8 Å². The summed E-state index contributed by atoms with van der Waals surface area (Å²) in [5.74, 6) is 1.04. The van der Waals surface area contributed by atoms with E-state index >= 15 is 0 Å². The average molecular weight is 304 g/mol. The van der Waals surface area contributed by atoms with Gasteiger partial charge in [-0.1, -0.05) is 12.1 Å². The lowest BCUT2D eigenvalue weighted by molar-refractivity contribution is -0.121. The van der Waals surface area contributed by atoms with Crippen LogP contribution in [0.2, 0.25) is 0 Å². The Balaban J connectivity index is 1.76. The van der Waals surface area contributed by atoms with Crippen LogP contribution in [-0.4, -0.2) is 31.6 Å². The second-order valence-electron chi connectivity index (χ2n) is 6.17. The molecule has 1 amide bonds. The SMILES string of the molecule is CNC(C)CNC(=O)CCc1cccc(OC2CCCC2)c1. The number of carbonyl (C=O) groups is 1. The van der Waals surface area contributed by atoms with Crippen molar-refractivity contribution in [3.63, 3.8) is 0 Å². The first-order valence-corrected chi connectivity index (χ1v) is 8.37. The highest BCUT2D eigenvalue weighted by molar-refractivity contribution is 5.76. The molecule has 0 aromatic heterocycles. The van der Waals surface area contributed by atoms with Gasteiger partial charge in [-0.2, -0.15) is 0 Å². The first kappa shape index (κ1) is 16.8. The number of amides is 1. The van der Waals surface area contributed by atoms with Crippen molar-refractivity contribution in [3.8, 4) is 5.75 Å². The zero-order valence-corrected chi connectivity index (χ0v) is 13.7. The molecule has 2 N–H and O–H groups in total. The van der Waals surface area contributed by atoms with Gasteiger partial charge in [0.15, 0.2) is 0 Å². The number of hydrogen-bond donors (Lipinski definition) is 2. The molecule has 0 heterocycles. The Bertz CT molecular complexity index is 470. The summed E-state index contributed by atoms with van der Waals surface area (Å²) >= 11 is 0. The van der Waals surface area contributed by atoms with Gasteiger partial charge in [0.25, 0.3) is 0 Å². The van der Waals surface area contributed by atoms with Gasteiger partial charge in [-0.25, -0.2) is 0 Å². The second-order valence-corrected chi connectivity index (χ2v) is 6.17. The third-order valence-corrected chi connectivity index (χ3v) is 4.24.